The summed E-state index contributed by atoms with van der Waals surface area (Å²) in [7, 11) is -2.33. The topological polar surface area (TPSA) is 98.0 Å². The maximum Gasteiger partial charge on any atom is 0.306 e. The van der Waals surface area contributed by atoms with Gasteiger partial charge >= 0.3 is 5.97 Å². The van der Waals surface area contributed by atoms with Crippen LogP contribution in [0.3, 0.4) is 0 Å². The van der Waals surface area contributed by atoms with Gasteiger partial charge in [0.15, 0.2) is 8.32 Å². The van der Waals surface area contributed by atoms with Crippen LogP contribution in [0.2, 0.25) is 18.1 Å². The fraction of sp³-hybridized carbons (Fsp3) is 0.692. The van der Waals surface area contributed by atoms with Crippen molar-refractivity contribution in [2.45, 2.75) is 103 Å². The standard InChI is InChI=1S/C26H41NO6Si/c1-8-30-21-14-18(15-22(31-9-2)20(21)17-27)25(33-34(6,7)26(3,4)5)23(16-24(28)29)32-19-12-10-11-13-19/h14-15,19,23,25H,8-13,16H2,1-7H3,(H,28,29)/t23-,25+/m0/s1. The minimum atomic E-state index is -2.33. The molecule has 0 bridgehead atoms. The molecule has 1 fully saturated rings. The molecular formula is C26H41NO6Si. The highest BCUT2D eigenvalue weighted by Crippen LogP contribution is 2.44. The molecule has 1 aromatic rings. The number of hydrogen-bond acceptors (Lipinski definition) is 6. The summed E-state index contributed by atoms with van der Waals surface area (Å²) in [6.45, 7) is 15.2. The van der Waals surface area contributed by atoms with E-state index in [1.807, 2.05) is 13.8 Å². The second-order valence-electron chi connectivity index (χ2n) is 10.3. The molecule has 190 valence electrons. The molecule has 0 aliphatic heterocycles. The number of hydrogen-bond donors (Lipinski definition) is 1. The Hall–Kier alpha value is -2.08. The molecule has 0 aromatic heterocycles. The lowest BCUT2D eigenvalue weighted by Crippen LogP contribution is -2.45. The Morgan fingerprint density at radius 3 is 2.09 bits per heavy atom. The van der Waals surface area contributed by atoms with Crippen LogP contribution in [0, 0.1) is 11.3 Å². The first-order valence-corrected chi connectivity index (χ1v) is 15.2. The molecule has 0 unspecified atom stereocenters. The Morgan fingerprint density at radius 1 is 1.15 bits per heavy atom. The van der Waals surface area contributed by atoms with Gasteiger partial charge in [0.25, 0.3) is 0 Å². The number of nitrogens with zero attached hydrogens (tertiary/aromatic N) is 1. The normalized spacial score (nSPS) is 16.6. The third-order valence-electron chi connectivity index (χ3n) is 6.74. The average molecular weight is 492 g/mol. The van der Waals surface area contributed by atoms with Crippen molar-refractivity contribution < 1.29 is 28.5 Å². The quantitative estimate of drug-likeness (QED) is 0.346. The fourth-order valence-electron chi connectivity index (χ4n) is 3.95. The molecule has 1 N–H and O–H groups in total. The minimum Gasteiger partial charge on any atom is -0.492 e. The Kier molecular flexibility index (Phi) is 9.98. The molecule has 0 saturated heterocycles. The predicted octanol–water partition coefficient (Wildman–Crippen LogP) is 6.22. The zero-order chi connectivity index (χ0) is 25.5. The number of nitriles is 1. The first-order chi connectivity index (χ1) is 15.9. The molecule has 2 atom stereocenters. The average Bonchev–Trinajstić information content (AvgIpc) is 3.24. The number of rotatable bonds is 12. The van der Waals surface area contributed by atoms with Gasteiger partial charge in [-0.15, -0.1) is 0 Å². The number of aliphatic carboxylic acids is 1. The highest BCUT2D eigenvalue weighted by Gasteiger charge is 2.43. The number of carboxylic acid groups (broad SMARTS) is 1. The second kappa shape index (κ2) is 12.1. The van der Waals surface area contributed by atoms with Crippen LogP contribution in [0.4, 0.5) is 0 Å². The summed E-state index contributed by atoms with van der Waals surface area (Å²) in [6, 6.07) is 5.76. The molecule has 2 rings (SSSR count). The van der Waals surface area contributed by atoms with Crippen LogP contribution < -0.4 is 9.47 Å². The predicted molar refractivity (Wildman–Crippen MR) is 134 cm³/mol. The van der Waals surface area contributed by atoms with Crippen LogP contribution in [0.25, 0.3) is 0 Å². The molecule has 8 heteroatoms. The van der Waals surface area contributed by atoms with Gasteiger partial charge in [-0.1, -0.05) is 33.6 Å². The van der Waals surface area contributed by atoms with E-state index in [0.29, 0.717) is 35.8 Å². The SMILES string of the molecule is CCOc1cc([C@@H](O[Si](C)(C)C(C)(C)C)[C@H](CC(=O)O)OC2CCCC2)cc(OCC)c1C#N. The van der Waals surface area contributed by atoms with E-state index in [0.717, 1.165) is 25.7 Å². The highest BCUT2D eigenvalue weighted by atomic mass is 28.4. The number of carbonyl (C=O) groups is 1. The van der Waals surface area contributed by atoms with Crippen molar-refractivity contribution in [1.82, 2.24) is 0 Å². The summed E-state index contributed by atoms with van der Waals surface area (Å²) in [5.74, 6) is -0.120. The Morgan fingerprint density at radius 2 is 1.68 bits per heavy atom. The van der Waals surface area contributed by atoms with Gasteiger partial charge in [0.05, 0.1) is 37.9 Å². The molecule has 0 radical (unpaired) electrons. The summed E-state index contributed by atoms with van der Waals surface area (Å²) in [5.41, 5.74) is 1.03. The molecule has 0 spiro atoms. The van der Waals surface area contributed by atoms with Crippen LogP contribution >= 0.6 is 0 Å². The van der Waals surface area contributed by atoms with E-state index in [4.69, 9.17) is 18.6 Å². The zero-order valence-corrected chi connectivity index (χ0v) is 22.8. The smallest absolute Gasteiger partial charge is 0.306 e. The van der Waals surface area contributed by atoms with Gasteiger partial charge in [-0.05, 0) is 62.5 Å². The van der Waals surface area contributed by atoms with Gasteiger partial charge < -0.3 is 23.7 Å². The summed E-state index contributed by atoms with van der Waals surface area (Å²) in [4.78, 5) is 11.9. The molecule has 1 aliphatic rings. The van der Waals surface area contributed by atoms with Gasteiger partial charge in [0.2, 0.25) is 0 Å². The fourth-order valence-corrected chi connectivity index (χ4v) is 5.22. The summed E-state index contributed by atoms with van der Waals surface area (Å²) in [5, 5.41) is 19.4. The van der Waals surface area contributed by atoms with Gasteiger partial charge in [0.1, 0.15) is 23.1 Å². The molecule has 1 saturated carbocycles. The van der Waals surface area contributed by atoms with Crippen molar-refractivity contribution in [3.05, 3.63) is 23.3 Å². The first-order valence-electron chi connectivity index (χ1n) is 12.3. The third-order valence-corrected chi connectivity index (χ3v) is 11.2. The molecule has 34 heavy (non-hydrogen) atoms. The zero-order valence-electron chi connectivity index (χ0n) is 21.8. The molecule has 7 nitrogen and oxygen atoms in total. The van der Waals surface area contributed by atoms with E-state index >= 15 is 0 Å². The van der Waals surface area contributed by atoms with E-state index in [9.17, 15) is 15.2 Å². The van der Waals surface area contributed by atoms with Gasteiger partial charge in [-0.2, -0.15) is 5.26 Å². The summed E-state index contributed by atoms with van der Waals surface area (Å²) < 4.78 is 24.9. The Labute approximate surface area is 205 Å². The lowest BCUT2D eigenvalue weighted by atomic mass is 9.99. The van der Waals surface area contributed by atoms with E-state index in [1.165, 1.54) is 0 Å². The molecule has 0 heterocycles. The monoisotopic (exact) mass is 491 g/mol. The maximum absolute atomic E-state index is 11.9. The lowest BCUT2D eigenvalue weighted by Gasteiger charge is -2.42. The summed E-state index contributed by atoms with van der Waals surface area (Å²) in [6.07, 6.45) is 2.54. The van der Waals surface area contributed by atoms with Crippen molar-refractivity contribution in [2.75, 3.05) is 13.2 Å². The highest BCUT2D eigenvalue weighted by molar-refractivity contribution is 6.74. The van der Waals surface area contributed by atoms with Crippen molar-refractivity contribution in [3.63, 3.8) is 0 Å². The van der Waals surface area contributed by atoms with Crippen LogP contribution in [-0.2, 0) is 14.0 Å². The molecule has 1 aromatic carbocycles. The molecular weight excluding hydrogens is 450 g/mol. The van der Waals surface area contributed by atoms with E-state index in [-0.39, 0.29) is 17.6 Å². The van der Waals surface area contributed by atoms with Crippen molar-refractivity contribution in [1.29, 1.82) is 5.26 Å². The minimum absolute atomic E-state index is 0.0194. The lowest BCUT2D eigenvalue weighted by molar-refractivity contribution is -0.145. The molecule has 1 aliphatic carbocycles. The first kappa shape index (κ1) is 28.2. The van der Waals surface area contributed by atoms with Crippen molar-refractivity contribution >= 4 is 14.3 Å². The van der Waals surface area contributed by atoms with Gasteiger partial charge in [0, 0.05) is 0 Å². The number of benzene rings is 1. The summed E-state index contributed by atoms with van der Waals surface area (Å²) >= 11 is 0. The third kappa shape index (κ3) is 7.21. The largest absolute Gasteiger partial charge is 0.492 e. The maximum atomic E-state index is 11.9. The van der Waals surface area contributed by atoms with Crippen LogP contribution in [0.15, 0.2) is 12.1 Å². The second-order valence-corrected chi connectivity index (χ2v) is 15.1. The van der Waals surface area contributed by atoms with Crippen LogP contribution in [-0.4, -0.2) is 44.8 Å². The van der Waals surface area contributed by atoms with E-state index in [1.54, 1.807) is 12.1 Å². The van der Waals surface area contributed by atoms with Gasteiger partial charge in [-0.3, -0.25) is 4.79 Å². The van der Waals surface area contributed by atoms with Crippen molar-refractivity contribution in [3.8, 4) is 17.6 Å². The van der Waals surface area contributed by atoms with Gasteiger partial charge in [-0.25, -0.2) is 0 Å². The Bertz CT molecular complexity index is 840. The van der Waals surface area contributed by atoms with E-state index < -0.39 is 26.5 Å². The Balaban J connectivity index is 2.65. The van der Waals surface area contributed by atoms with Crippen LogP contribution in [0.5, 0.6) is 11.5 Å². The number of carboxylic acids is 1. The van der Waals surface area contributed by atoms with Crippen molar-refractivity contribution in [2.24, 2.45) is 0 Å². The van der Waals surface area contributed by atoms with Crippen LogP contribution in [0.1, 0.15) is 84.0 Å². The van der Waals surface area contributed by atoms with E-state index in [2.05, 4.69) is 39.9 Å². The number of ether oxygens (including phenoxy) is 3. The molecule has 0 amide bonds.